The van der Waals surface area contributed by atoms with Gasteiger partial charge in [0.05, 0.1) is 18.4 Å². The van der Waals surface area contributed by atoms with Crippen LogP contribution in [-0.4, -0.2) is 19.6 Å². The van der Waals surface area contributed by atoms with Crippen LogP contribution in [0.1, 0.15) is 27.9 Å². The fraction of sp³-hybridized carbons (Fsp3) is 0.278. The Balaban J connectivity index is 2.06. The predicted molar refractivity (Wildman–Crippen MR) is 89.1 cm³/mol. The number of aryl methyl sites for hydroxylation is 2. The van der Waals surface area contributed by atoms with E-state index >= 15 is 0 Å². The number of carbonyl (C=O) groups is 1. The molecule has 0 bridgehead atoms. The Bertz CT molecular complexity index is 776. The predicted octanol–water partition coefficient (Wildman–Crippen LogP) is 4.39. The SMILES string of the molecule is COc1cc(Cl)ccc1C(=O)N1CCCc2cc(F)cc(C)c21. The summed E-state index contributed by atoms with van der Waals surface area (Å²) < 4.78 is 18.9. The van der Waals surface area contributed by atoms with E-state index < -0.39 is 0 Å². The molecule has 0 N–H and O–H groups in total. The zero-order valence-electron chi connectivity index (χ0n) is 13.0. The second kappa shape index (κ2) is 6.20. The molecule has 0 unspecified atom stereocenters. The van der Waals surface area contributed by atoms with Crippen molar-refractivity contribution in [3.63, 3.8) is 0 Å². The van der Waals surface area contributed by atoms with Crippen LogP contribution in [0.4, 0.5) is 10.1 Å². The smallest absolute Gasteiger partial charge is 0.262 e. The lowest BCUT2D eigenvalue weighted by atomic mass is 9.97. The summed E-state index contributed by atoms with van der Waals surface area (Å²) in [6.07, 6.45) is 1.58. The fourth-order valence-electron chi connectivity index (χ4n) is 3.11. The Hall–Kier alpha value is -2.07. The zero-order chi connectivity index (χ0) is 16.6. The van der Waals surface area contributed by atoms with Crippen LogP contribution >= 0.6 is 11.6 Å². The third-order valence-electron chi connectivity index (χ3n) is 4.08. The van der Waals surface area contributed by atoms with Crippen LogP contribution in [0.3, 0.4) is 0 Å². The van der Waals surface area contributed by atoms with E-state index in [1.807, 2.05) is 6.92 Å². The van der Waals surface area contributed by atoms with Crippen LogP contribution in [0, 0.1) is 12.7 Å². The lowest BCUT2D eigenvalue weighted by Gasteiger charge is -2.31. The van der Waals surface area contributed by atoms with E-state index in [2.05, 4.69) is 0 Å². The molecule has 0 aromatic heterocycles. The number of hydrogen-bond acceptors (Lipinski definition) is 2. The second-order valence-electron chi connectivity index (χ2n) is 5.64. The van der Waals surface area contributed by atoms with Gasteiger partial charge in [-0.3, -0.25) is 4.79 Å². The molecule has 1 amide bonds. The van der Waals surface area contributed by atoms with E-state index in [1.165, 1.54) is 19.2 Å². The van der Waals surface area contributed by atoms with Crippen molar-refractivity contribution < 1.29 is 13.9 Å². The molecule has 1 aliphatic rings. The number of carbonyl (C=O) groups excluding carboxylic acids is 1. The summed E-state index contributed by atoms with van der Waals surface area (Å²) in [6, 6.07) is 7.93. The van der Waals surface area contributed by atoms with Crippen LogP contribution in [0.15, 0.2) is 30.3 Å². The topological polar surface area (TPSA) is 29.5 Å². The number of nitrogens with zero attached hydrogens (tertiary/aromatic N) is 1. The molecule has 1 heterocycles. The van der Waals surface area contributed by atoms with Crippen molar-refractivity contribution in [3.8, 4) is 5.75 Å². The van der Waals surface area contributed by atoms with Crippen LogP contribution in [-0.2, 0) is 6.42 Å². The van der Waals surface area contributed by atoms with E-state index in [-0.39, 0.29) is 11.7 Å². The summed E-state index contributed by atoms with van der Waals surface area (Å²) in [6.45, 7) is 2.43. The average molecular weight is 334 g/mol. The van der Waals surface area contributed by atoms with Crippen LogP contribution < -0.4 is 9.64 Å². The normalized spacial score (nSPS) is 13.7. The van der Waals surface area contributed by atoms with Crippen molar-refractivity contribution >= 4 is 23.2 Å². The highest BCUT2D eigenvalue weighted by atomic mass is 35.5. The van der Waals surface area contributed by atoms with Crippen molar-refractivity contribution in [1.29, 1.82) is 0 Å². The van der Waals surface area contributed by atoms with Crippen LogP contribution in [0.2, 0.25) is 5.02 Å². The number of methoxy groups -OCH3 is 1. The van der Waals surface area contributed by atoms with Gasteiger partial charge < -0.3 is 9.64 Å². The van der Waals surface area contributed by atoms with Gasteiger partial charge in [0.2, 0.25) is 0 Å². The Morgan fingerprint density at radius 1 is 1.30 bits per heavy atom. The maximum atomic E-state index is 13.6. The van der Waals surface area contributed by atoms with Gasteiger partial charge in [0.15, 0.2) is 0 Å². The van der Waals surface area contributed by atoms with E-state index in [1.54, 1.807) is 23.1 Å². The van der Waals surface area contributed by atoms with Crippen molar-refractivity contribution in [2.75, 3.05) is 18.6 Å². The zero-order valence-corrected chi connectivity index (χ0v) is 13.8. The number of fused-ring (bicyclic) bond motifs is 1. The molecule has 0 radical (unpaired) electrons. The first-order valence-electron chi connectivity index (χ1n) is 7.45. The molecule has 23 heavy (non-hydrogen) atoms. The standard InChI is InChI=1S/C18H17ClFNO2/c1-11-8-14(20)9-12-4-3-7-21(17(11)12)18(22)15-6-5-13(19)10-16(15)23-2/h5-6,8-10H,3-4,7H2,1-2H3. The molecule has 3 rings (SSSR count). The third kappa shape index (κ3) is 2.91. The molecule has 0 saturated carbocycles. The highest BCUT2D eigenvalue weighted by Crippen LogP contribution is 2.34. The molecule has 3 nitrogen and oxygen atoms in total. The van der Waals surface area contributed by atoms with Crippen molar-refractivity contribution in [2.24, 2.45) is 0 Å². The molecule has 0 spiro atoms. The largest absolute Gasteiger partial charge is 0.496 e. The Morgan fingerprint density at radius 2 is 2.09 bits per heavy atom. The number of ether oxygens (including phenoxy) is 1. The van der Waals surface area contributed by atoms with E-state index in [9.17, 15) is 9.18 Å². The van der Waals surface area contributed by atoms with Crippen molar-refractivity contribution in [2.45, 2.75) is 19.8 Å². The number of hydrogen-bond donors (Lipinski definition) is 0. The molecule has 0 atom stereocenters. The van der Waals surface area contributed by atoms with Gasteiger partial charge >= 0.3 is 0 Å². The van der Waals surface area contributed by atoms with Gasteiger partial charge in [0.1, 0.15) is 11.6 Å². The minimum absolute atomic E-state index is 0.158. The minimum atomic E-state index is -0.264. The molecule has 0 saturated heterocycles. The second-order valence-corrected chi connectivity index (χ2v) is 6.07. The highest BCUT2D eigenvalue weighted by Gasteiger charge is 2.27. The first-order valence-corrected chi connectivity index (χ1v) is 7.83. The van der Waals surface area contributed by atoms with Gasteiger partial charge in [-0.05, 0) is 61.2 Å². The number of anilines is 1. The van der Waals surface area contributed by atoms with Gasteiger partial charge in [-0.25, -0.2) is 4.39 Å². The molecule has 5 heteroatoms. The summed E-state index contributed by atoms with van der Waals surface area (Å²) >= 11 is 5.96. The van der Waals surface area contributed by atoms with E-state index in [4.69, 9.17) is 16.3 Å². The van der Waals surface area contributed by atoms with E-state index in [0.29, 0.717) is 22.9 Å². The molecule has 120 valence electrons. The molecule has 2 aromatic carbocycles. The minimum Gasteiger partial charge on any atom is -0.496 e. The summed E-state index contributed by atoms with van der Waals surface area (Å²) in [7, 11) is 1.51. The molecular weight excluding hydrogens is 317 g/mol. The summed E-state index contributed by atoms with van der Waals surface area (Å²) in [5.41, 5.74) is 2.89. The van der Waals surface area contributed by atoms with Gasteiger partial charge in [0.25, 0.3) is 5.91 Å². The van der Waals surface area contributed by atoms with Gasteiger partial charge in [-0.2, -0.15) is 0 Å². The first-order chi connectivity index (χ1) is 11.0. The first kappa shape index (κ1) is 15.8. The maximum absolute atomic E-state index is 13.6. The summed E-state index contributed by atoms with van der Waals surface area (Å²) in [5.74, 6) is 0.0168. The number of benzene rings is 2. The molecular formula is C18H17ClFNO2. The monoisotopic (exact) mass is 333 g/mol. The third-order valence-corrected chi connectivity index (χ3v) is 4.32. The Morgan fingerprint density at radius 3 is 2.83 bits per heavy atom. The highest BCUT2D eigenvalue weighted by molar-refractivity contribution is 6.31. The Kier molecular flexibility index (Phi) is 4.26. The quantitative estimate of drug-likeness (QED) is 0.815. The van der Waals surface area contributed by atoms with Crippen molar-refractivity contribution in [3.05, 3.63) is 57.9 Å². The number of halogens is 2. The number of rotatable bonds is 2. The molecule has 0 aliphatic carbocycles. The van der Waals surface area contributed by atoms with Crippen LogP contribution in [0.5, 0.6) is 5.75 Å². The number of amides is 1. The summed E-state index contributed by atoms with van der Waals surface area (Å²) in [5, 5.41) is 0.510. The Labute approximate surface area is 139 Å². The average Bonchev–Trinajstić information content (AvgIpc) is 2.53. The lowest BCUT2D eigenvalue weighted by molar-refractivity contribution is 0.0982. The fourth-order valence-corrected chi connectivity index (χ4v) is 3.27. The van der Waals surface area contributed by atoms with Gasteiger partial charge in [0, 0.05) is 11.6 Å². The molecule has 2 aromatic rings. The lowest BCUT2D eigenvalue weighted by Crippen LogP contribution is -2.36. The maximum Gasteiger partial charge on any atom is 0.262 e. The van der Waals surface area contributed by atoms with Crippen molar-refractivity contribution in [1.82, 2.24) is 0 Å². The molecule has 1 aliphatic heterocycles. The van der Waals surface area contributed by atoms with Crippen LogP contribution in [0.25, 0.3) is 0 Å². The molecule has 0 fully saturated rings. The van der Waals surface area contributed by atoms with Gasteiger partial charge in [-0.15, -0.1) is 0 Å². The van der Waals surface area contributed by atoms with Gasteiger partial charge in [-0.1, -0.05) is 11.6 Å². The van der Waals surface area contributed by atoms with E-state index in [0.717, 1.165) is 29.7 Å². The summed E-state index contributed by atoms with van der Waals surface area (Å²) in [4.78, 5) is 14.7.